The number of aromatic nitrogens is 1. The number of carboxylic acids is 1. The molecule has 1 atom stereocenters. The predicted molar refractivity (Wildman–Crippen MR) is 65.5 cm³/mol. The number of hydrogen-bond acceptors (Lipinski definition) is 4. The number of nitrogen functional groups attached to an aromatic ring is 1. The fourth-order valence-corrected chi connectivity index (χ4v) is 2.24. The number of carbonyl (C=O) groups is 1. The number of aliphatic carboxylic acids is 1. The van der Waals surface area contributed by atoms with Crippen molar-refractivity contribution in [1.29, 1.82) is 0 Å². The van der Waals surface area contributed by atoms with E-state index in [1.165, 1.54) is 11.8 Å². The van der Waals surface area contributed by atoms with Gasteiger partial charge in [0.15, 0.2) is 0 Å². The van der Waals surface area contributed by atoms with E-state index in [9.17, 15) is 4.79 Å². The Bertz CT molecular complexity index is 358. The fraction of sp³-hybridized carbons (Fsp3) is 0.455. The molecule has 0 saturated heterocycles. The van der Waals surface area contributed by atoms with Gasteiger partial charge in [-0.2, -0.15) is 0 Å². The Labute approximate surface area is 99.3 Å². The topological polar surface area (TPSA) is 76.2 Å². The van der Waals surface area contributed by atoms with Crippen LogP contribution >= 0.6 is 11.8 Å². The first kappa shape index (κ1) is 12.8. The van der Waals surface area contributed by atoms with Crippen LogP contribution in [0.4, 0.5) is 5.69 Å². The van der Waals surface area contributed by atoms with Crippen molar-refractivity contribution >= 4 is 23.4 Å². The summed E-state index contributed by atoms with van der Waals surface area (Å²) in [6.45, 7) is 2.04. The zero-order chi connectivity index (χ0) is 12.0. The first-order valence-corrected chi connectivity index (χ1v) is 6.13. The number of hydrogen-bond donors (Lipinski definition) is 2. The van der Waals surface area contributed by atoms with E-state index in [1.807, 2.05) is 6.92 Å². The van der Waals surface area contributed by atoms with Crippen LogP contribution in [0.15, 0.2) is 23.4 Å². The summed E-state index contributed by atoms with van der Waals surface area (Å²) in [5.74, 6) is -0.802. The molecule has 1 rings (SSSR count). The Morgan fingerprint density at radius 3 is 3.00 bits per heavy atom. The van der Waals surface area contributed by atoms with Gasteiger partial charge in [0.05, 0.1) is 5.69 Å². The summed E-state index contributed by atoms with van der Waals surface area (Å²) in [4.78, 5) is 15.1. The summed E-state index contributed by atoms with van der Waals surface area (Å²) in [6, 6.07) is 3.47. The van der Waals surface area contributed by atoms with Crippen LogP contribution in [0, 0.1) is 0 Å². The van der Waals surface area contributed by atoms with Gasteiger partial charge >= 0.3 is 5.97 Å². The minimum atomic E-state index is -0.802. The second-order valence-electron chi connectivity index (χ2n) is 3.48. The van der Waals surface area contributed by atoms with Gasteiger partial charge < -0.3 is 10.8 Å². The van der Waals surface area contributed by atoms with E-state index in [4.69, 9.17) is 10.8 Å². The summed E-state index contributed by atoms with van der Waals surface area (Å²) in [7, 11) is 0. The van der Waals surface area contributed by atoms with Gasteiger partial charge in [0.1, 0.15) is 10.3 Å². The van der Waals surface area contributed by atoms with Crippen molar-refractivity contribution in [1.82, 2.24) is 4.98 Å². The molecule has 0 aliphatic carbocycles. The first-order valence-electron chi connectivity index (χ1n) is 5.25. The third-order valence-corrected chi connectivity index (χ3v) is 3.44. The minimum Gasteiger partial charge on any atom is -0.480 e. The van der Waals surface area contributed by atoms with Crippen molar-refractivity contribution in [3.8, 4) is 0 Å². The Hall–Kier alpha value is -1.23. The second-order valence-corrected chi connectivity index (χ2v) is 4.68. The maximum Gasteiger partial charge on any atom is 0.317 e. The van der Waals surface area contributed by atoms with Gasteiger partial charge in [-0.25, -0.2) is 4.98 Å². The molecule has 3 N–H and O–H groups in total. The third-order valence-electron chi connectivity index (χ3n) is 2.15. The molecule has 5 heteroatoms. The Balaban J connectivity index is 2.68. The van der Waals surface area contributed by atoms with Crippen LogP contribution in [0.2, 0.25) is 0 Å². The van der Waals surface area contributed by atoms with Gasteiger partial charge in [0.25, 0.3) is 0 Å². The van der Waals surface area contributed by atoms with Crippen molar-refractivity contribution in [2.45, 2.75) is 36.5 Å². The highest BCUT2D eigenvalue weighted by Crippen LogP contribution is 2.29. The van der Waals surface area contributed by atoms with Crippen molar-refractivity contribution in [2.24, 2.45) is 0 Å². The maximum absolute atomic E-state index is 11.0. The molecule has 0 spiro atoms. The average molecular weight is 240 g/mol. The number of unbranched alkanes of at least 4 members (excludes halogenated alkanes) is 1. The van der Waals surface area contributed by atoms with Crippen LogP contribution in [0.3, 0.4) is 0 Å². The molecule has 0 aliphatic heterocycles. The van der Waals surface area contributed by atoms with E-state index in [2.05, 4.69) is 4.98 Å². The van der Waals surface area contributed by atoms with E-state index in [0.29, 0.717) is 17.1 Å². The van der Waals surface area contributed by atoms with E-state index in [-0.39, 0.29) is 0 Å². The normalized spacial score (nSPS) is 12.3. The Kier molecular flexibility index (Phi) is 5.11. The number of rotatable bonds is 6. The first-order chi connectivity index (χ1) is 7.65. The highest BCUT2D eigenvalue weighted by Gasteiger charge is 2.19. The lowest BCUT2D eigenvalue weighted by Gasteiger charge is -2.11. The van der Waals surface area contributed by atoms with Crippen molar-refractivity contribution in [3.63, 3.8) is 0 Å². The second kappa shape index (κ2) is 6.37. The zero-order valence-electron chi connectivity index (χ0n) is 9.22. The highest BCUT2D eigenvalue weighted by molar-refractivity contribution is 8.00. The molecule has 1 unspecified atom stereocenters. The fourth-order valence-electron chi connectivity index (χ4n) is 1.26. The molecule has 0 amide bonds. The smallest absolute Gasteiger partial charge is 0.317 e. The van der Waals surface area contributed by atoms with E-state index in [1.54, 1.807) is 18.3 Å². The SMILES string of the molecule is CCCCC(Sc1ncccc1N)C(=O)O. The van der Waals surface area contributed by atoms with Crippen LogP contribution in [-0.2, 0) is 4.79 Å². The molecule has 0 fully saturated rings. The lowest BCUT2D eigenvalue weighted by Crippen LogP contribution is -2.16. The molecule has 0 aliphatic rings. The minimum absolute atomic E-state index is 0.461. The number of thioether (sulfide) groups is 1. The van der Waals surface area contributed by atoms with Crippen LogP contribution in [-0.4, -0.2) is 21.3 Å². The summed E-state index contributed by atoms with van der Waals surface area (Å²) >= 11 is 1.23. The molecule has 1 aromatic heterocycles. The number of carboxylic acid groups (broad SMARTS) is 1. The van der Waals surface area contributed by atoms with Crippen molar-refractivity contribution in [2.75, 3.05) is 5.73 Å². The summed E-state index contributed by atoms with van der Waals surface area (Å²) in [5.41, 5.74) is 6.26. The van der Waals surface area contributed by atoms with E-state index < -0.39 is 11.2 Å². The molecule has 0 aromatic carbocycles. The highest BCUT2D eigenvalue weighted by atomic mass is 32.2. The number of nitrogens with zero attached hydrogens (tertiary/aromatic N) is 1. The molecule has 4 nitrogen and oxygen atoms in total. The number of anilines is 1. The Morgan fingerprint density at radius 2 is 2.44 bits per heavy atom. The summed E-state index contributed by atoms with van der Waals surface area (Å²) < 4.78 is 0. The lowest BCUT2D eigenvalue weighted by atomic mass is 10.2. The van der Waals surface area contributed by atoms with Crippen LogP contribution < -0.4 is 5.73 Å². The Morgan fingerprint density at radius 1 is 1.69 bits per heavy atom. The molecule has 16 heavy (non-hydrogen) atoms. The van der Waals surface area contributed by atoms with Crippen molar-refractivity contribution in [3.05, 3.63) is 18.3 Å². The quantitative estimate of drug-likeness (QED) is 0.747. The van der Waals surface area contributed by atoms with Gasteiger partial charge in [0.2, 0.25) is 0 Å². The molecular weight excluding hydrogens is 224 g/mol. The molecule has 0 bridgehead atoms. The van der Waals surface area contributed by atoms with Crippen LogP contribution in [0.25, 0.3) is 0 Å². The third kappa shape index (κ3) is 3.73. The standard InChI is InChI=1S/C11H16N2O2S/c1-2-3-6-9(11(14)15)16-10-8(12)5-4-7-13-10/h4-5,7,9H,2-3,6,12H2,1H3,(H,14,15). The van der Waals surface area contributed by atoms with Gasteiger partial charge in [-0.15, -0.1) is 0 Å². The summed E-state index contributed by atoms with van der Waals surface area (Å²) in [6.07, 6.45) is 4.16. The van der Waals surface area contributed by atoms with Gasteiger partial charge in [-0.3, -0.25) is 4.79 Å². The lowest BCUT2D eigenvalue weighted by molar-refractivity contribution is -0.136. The molecule has 1 heterocycles. The number of pyridine rings is 1. The van der Waals surface area contributed by atoms with Gasteiger partial charge in [-0.1, -0.05) is 31.5 Å². The summed E-state index contributed by atoms with van der Waals surface area (Å²) in [5, 5.41) is 9.20. The maximum atomic E-state index is 11.0. The zero-order valence-corrected chi connectivity index (χ0v) is 10.0. The molecule has 88 valence electrons. The molecular formula is C11H16N2O2S. The molecule has 0 saturated carbocycles. The van der Waals surface area contributed by atoms with Crippen LogP contribution in [0.1, 0.15) is 26.2 Å². The molecule has 0 radical (unpaired) electrons. The number of nitrogens with two attached hydrogens (primary N) is 1. The van der Waals surface area contributed by atoms with E-state index in [0.717, 1.165) is 12.8 Å². The predicted octanol–water partition coefficient (Wildman–Crippen LogP) is 2.40. The monoisotopic (exact) mass is 240 g/mol. The van der Waals surface area contributed by atoms with Crippen molar-refractivity contribution < 1.29 is 9.90 Å². The van der Waals surface area contributed by atoms with Gasteiger partial charge in [-0.05, 0) is 18.6 Å². The largest absolute Gasteiger partial charge is 0.480 e. The average Bonchev–Trinajstić information content (AvgIpc) is 2.26. The molecule has 1 aromatic rings. The van der Waals surface area contributed by atoms with E-state index >= 15 is 0 Å². The van der Waals surface area contributed by atoms with Gasteiger partial charge in [0, 0.05) is 6.20 Å². The van der Waals surface area contributed by atoms with Crippen LogP contribution in [0.5, 0.6) is 0 Å².